The highest BCUT2D eigenvalue weighted by Gasteiger charge is 2.12. The molecule has 2 aromatic carbocycles. The molecule has 4 heteroatoms. The standard InChI is InChI=1S/C24H31NO3/c1-4-5-6-7-8-19-9-11-20(12-10-19)23(26)21-13-15-22(16-14-21)24(27)28-18-17-25(2)3/h9-16H,4-8,17-18H2,1-3H3. The van der Waals surface area contributed by atoms with E-state index in [0.717, 1.165) is 6.42 Å². The fraction of sp³-hybridized carbons (Fsp3) is 0.417. The van der Waals surface area contributed by atoms with Crippen molar-refractivity contribution < 1.29 is 14.3 Å². The summed E-state index contributed by atoms with van der Waals surface area (Å²) in [6, 6.07) is 14.5. The Bertz CT molecular complexity index is 748. The summed E-state index contributed by atoms with van der Waals surface area (Å²) in [5.41, 5.74) is 2.96. The lowest BCUT2D eigenvalue weighted by Crippen LogP contribution is -2.20. The van der Waals surface area contributed by atoms with Gasteiger partial charge in [0, 0.05) is 17.7 Å². The van der Waals surface area contributed by atoms with Gasteiger partial charge in [-0.2, -0.15) is 0 Å². The molecule has 0 unspecified atom stereocenters. The number of carbonyl (C=O) groups is 2. The largest absolute Gasteiger partial charge is 0.461 e. The average molecular weight is 382 g/mol. The van der Waals surface area contributed by atoms with Gasteiger partial charge in [-0.25, -0.2) is 4.79 Å². The Balaban J connectivity index is 1.92. The van der Waals surface area contributed by atoms with Crippen molar-refractivity contribution in [1.29, 1.82) is 0 Å². The minimum absolute atomic E-state index is 0.0370. The first-order valence-corrected chi connectivity index (χ1v) is 10.1. The summed E-state index contributed by atoms with van der Waals surface area (Å²) >= 11 is 0. The van der Waals surface area contributed by atoms with Crippen molar-refractivity contribution in [3.05, 3.63) is 70.8 Å². The van der Waals surface area contributed by atoms with Crippen LogP contribution in [-0.2, 0) is 11.2 Å². The van der Waals surface area contributed by atoms with E-state index in [1.807, 2.05) is 43.3 Å². The van der Waals surface area contributed by atoms with Crippen LogP contribution in [0.1, 0.15) is 64.4 Å². The highest BCUT2D eigenvalue weighted by Crippen LogP contribution is 2.15. The first-order valence-electron chi connectivity index (χ1n) is 10.1. The molecule has 150 valence electrons. The van der Waals surface area contributed by atoms with Crippen LogP contribution >= 0.6 is 0 Å². The summed E-state index contributed by atoms with van der Waals surface area (Å²) in [7, 11) is 3.85. The predicted molar refractivity (Wildman–Crippen MR) is 113 cm³/mol. The average Bonchev–Trinajstić information content (AvgIpc) is 2.71. The van der Waals surface area contributed by atoms with E-state index in [1.54, 1.807) is 24.3 Å². The number of likely N-dealkylation sites (N-methyl/N-ethyl adjacent to an activating group) is 1. The van der Waals surface area contributed by atoms with E-state index in [-0.39, 0.29) is 11.8 Å². The topological polar surface area (TPSA) is 46.6 Å². The Kier molecular flexibility index (Phi) is 8.89. The number of aryl methyl sites for hydroxylation is 1. The molecule has 0 atom stereocenters. The van der Waals surface area contributed by atoms with Gasteiger partial charge in [-0.3, -0.25) is 4.79 Å². The van der Waals surface area contributed by atoms with E-state index in [1.165, 1.54) is 31.2 Å². The molecule has 0 spiro atoms. The van der Waals surface area contributed by atoms with E-state index < -0.39 is 0 Å². The van der Waals surface area contributed by atoms with E-state index in [0.29, 0.717) is 29.8 Å². The SMILES string of the molecule is CCCCCCc1ccc(C(=O)c2ccc(C(=O)OCCN(C)C)cc2)cc1. The number of hydrogen-bond acceptors (Lipinski definition) is 4. The fourth-order valence-electron chi connectivity index (χ4n) is 2.91. The van der Waals surface area contributed by atoms with Crippen molar-refractivity contribution in [2.45, 2.75) is 39.0 Å². The monoisotopic (exact) mass is 381 g/mol. The smallest absolute Gasteiger partial charge is 0.338 e. The Labute approximate surface area is 168 Å². The van der Waals surface area contributed by atoms with Gasteiger partial charge in [-0.15, -0.1) is 0 Å². The lowest BCUT2D eigenvalue weighted by molar-refractivity contribution is 0.0481. The zero-order valence-corrected chi connectivity index (χ0v) is 17.2. The van der Waals surface area contributed by atoms with Gasteiger partial charge >= 0.3 is 5.97 Å². The minimum atomic E-state index is -0.367. The van der Waals surface area contributed by atoms with Gasteiger partial charge in [0.2, 0.25) is 0 Å². The normalized spacial score (nSPS) is 10.9. The maximum Gasteiger partial charge on any atom is 0.338 e. The molecule has 0 aliphatic carbocycles. The molecular weight excluding hydrogens is 350 g/mol. The number of carbonyl (C=O) groups excluding carboxylic acids is 2. The number of hydrogen-bond donors (Lipinski definition) is 0. The second-order valence-electron chi connectivity index (χ2n) is 7.35. The molecule has 0 bridgehead atoms. The molecule has 0 fully saturated rings. The molecule has 0 N–H and O–H groups in total. The van der Waals surface area contributed by atoms with Gasteiger partial charge in [-0.05, 0) is 44.6 Å². The second-order valence-corrected chi connectivity index (χ2v) is 7.35. The van der Waals surface area contributed by atoms with Crippen LogP contribution in [-0.4, -0.2) is 43.9 Å². The number of ketones is 1. The van der Waals surface area contributed by atoms with Crippen LogP contribution in [0.4, 0.5) is 0 Å². The van der Waals surface area contributed by atoms with E-state index in [2.05, 4.69) is 6.92 Å². The van der Waals surface area contributed by atoms with Crippen LogP contribution in [0, 0.1) is 0 Å². The summed E-state index contributed by atoms with van der Waals surface area (Å²) in [6.45, 7) is 3.23. The third kappa shape index (κ3) is 6.93. The van der Waals surface area contributed by atoms with Gasteiger partial charge in [0.05, 0.1) is 5.56 Å². The van der Waals surface area contributed by atoms with Crippen molar-refractivity contribution in [1.82, 2.24) is 4.90 Å². The zero-order valence-electron chi connectivity index (χ0n) is 17.2. The van der Waals surface area contributed by atoms with E-state index in [9.17, 15) is 9.59 Å². The van der Waals surface area contributed by atoms with Gasteiger partial charge in [0.25, 0.3) is 0 Å². The molecule has 0 aromatic heterocycles. The summed E-state index contributed by atoms with van der Waals surface area (Å²) in [6.07, 6.45) is 6.00. The number of benzene rings is 2. The molecule has 28 heavy (non-hydrogen) atoms. The third-order valence-corrected chi connectivity index (χ3v) is 4.69. The first kappa shape index (κ1) is 21.8. The molecule has 0 amide bonds. The maximum atomic E-state index is 12.7. The lowest BCUT2D eigenvalue weighted by atomic mass is 9.99. The van der Waals surface area contributed by atoms with Crippen LogP contribution in [0.2, 0.25) is 0 Å². The number of unbranched alkanes of at least 4 members (excludes halogenated alkanes) is 3. The molecule has 4 nitrogen and oxygen atoms in total. The van der Waals surface area contributed by atoms with E-state index >= 15 is 0 Å². The van der Waals surface area contributed by atoms with Crippen LogP contribution in [0.25, 0.3) is 0 Å². The quantitative estimate of drug-likeness (QED) is 0.320. The number of esters is 1. The Morgan fingerprint density at radius 1 is 0.821 bits per heavy atom. The van der Waals surface area contributed by atoms with Crippen molar-refractivity contribution in [3.8, 4) is 0 Å². The molecule has 0 aliphatic rings. The molecule has 0 aliphatic heterocycles. The Morgan fingerprint density at radius 3 is 1.96 bits per heavy atom. The van der Waals surface area contributed by atoms with Gasteiger partial charge < -0.3 is 9.64 Å². The second kappa shape index (κ2) is 11.4. The van der Waals surface area contributed by atoms with Crippen LogP contribution in [0.5, 0.6) is 0 Å². The van der Waals surface area contributed by atoms with Crippen molar-refractivity contribution in [2.75, 3.05) is 27.2 Å². The fourth-order valence-corrected chi connectivity index (χ4v) is 2.91. The predicted octanol–water partition coefficient (Wildman–Crippen LogP) is 4.76. The molecule has 0 radical (unpaired) electrons. The van der Waals surface area contributed by atoms with Crippen molar-refractivity contribution >= 4 is 11.8 Å². The van der Waals surface area contributed by atoms with Gasteiger partial charge in [0.1, 0.15) is 6.61 Å². The Hall–Kier alpha value is -2.46. The van der Waals surface area contributed by atoms with Crippen molar-refractivity contribution in [3.63, 3.8) is 0 Å². The number of rotatable bonds is 11. The number of nitrogens with zero attached hydrogens (tertiary/aromatic N) is 1. The first-order chi connectivity index (χ1) is 13.5. The van der Waals surface area contributed by atoms with Crippen molar-refractivity contribution in [2.24, 2.45) is 0 Å². The molecular formula is C24H31NO3. The molecule has 2 rings (SSSR count). The lowest BCUT2D eigenvalue weighted by Gasteiger charge is -2.10. The van der Waals surface area contributed by atoms with Gasteiger partial charge in [-0.1, -0.05) is 62.6 Å². The summed E-state index contributed by atoms with van der Waals surface area (Å²) in [5.74, 6) is -0.404. The maximum absolute atomic E-state index is 12.7. The van der Waals surface area contributed by atoms with Gasteiger partial charge in [0.15, 0.2) is 5.78 Å². The summed E-state index contributed by atoms with van der Waals surface area (Å²) in [5, 5.41) is 0. The molecule has 0 heterocycles. The minimum Gasteiger partial charge on any atom is -0.461 e. The highest BCUT2D eigenvalue weighted by atomic mass is 16.5. The zero-order chi connectivity index (χ0) is 20.4. The van der Waals surface area contributed by atoms with Crippen LogP contribution in [0.15, 0.2) is 48.5 Å². The summed E-state index contributed by atoms with van der Waals surface area (Å²) < 4.78 is 5.22. The molecule has 2 aromatic rings. The third-order valence-electron chi connectivity index (χ3n) is 4.69. The Morgan fingerprint density at radius 2 is 1.39 bits per heavy atom. The highest BCUT2D eigenvalue weighted by molar-refractivity contribution is 6.09. The molecule has 0 saturated carbocycles. The van der Waals surface area contributed by atoms with E-state index in [4.69, 9.17) is 4.74 Å². The molecule has 0 saturated heterocycles. The van der Waals surface area contributed by atoms with Crippen LogP contribution < -0.4 is 0 Å². The summed E-state index contributed by atoms with van der Waals surface area (Å²) in [4.78, 5) is 26.6. The van der Waals surface area contributed by atoms with Crippen LogP contribution in [0.3, 0.4) is 0 Å². The number of ether oxygens (including phenoxy) is 1.